The second-order valence-corrected chi connectivity index (χ2v) is 10.2. The molecule has 0 nitrogen and oxygen atoms in total. The molecule has 1 unspecified atom stereocenters. The minimum absolute atomic E-state index is 0.100. The highest BCUT2D eigenvalue weighted by Gasteiger charge is 2.44. The summed E-state index contributed by atoms with van der Waals surface area (Å²) in [6.07, 6.45) is 0. The third kappa shape index (κ3) is 1.56. The molecule has 100 valence electrons. The molecule has 1 atom stereocenters. The van der Waals surface area contributed by atoms with Crippen LogP contribution in [0.4, 0.5) is 0 Å². The molecule has 0 aromatic heterocycles. The number of hydrogen-bond acceptors (Lipinski definition) is 0. The van der Waals surface area contributed by atoms with Crippen molar-refractivity contribution in [3.05, 3.63) is 47.0 Å². The van der Waals surface area contributed by atoms with Gasteiger partial charge in [0, 0.05) is 10.3 Å². The van der Waals surface area contributed by atoms with E-state index in [2.05, 4.69) is 71.6 Å². The quantitative estimate of drug-likeness (QED) is 0.535. The summed E-state index contributed by atoms with van der Waals surface area (Å²) in [6, 6.07) is 11.5. The lowest BCUT2D eigenvalue weighted by atomic mass is 9.85. The molecule has 1 aliphatic heterocycles. The summed E-state index contributed by atoms with van der Waals surface area (Å²) in [5.74, 6) is 0. The highest BCUT2D eigenvalue weighted by Crippen LogP contribution is 2.69. The minimum atomic E-state index is -0.100. The van der Waals surface area contributed by atoms with Gasteiger partial charge in [-0.15, -0.1) is 0 Å². The smallest absolute Gasteiger partial charge is 0.0110 e. The molecule has 0 spiro atoms. The van der Waals surface area contributed by atoms with Crippen LogP contribution in [0.5, 0.6) is 0 Å². The van der Waals surface area contributed by atoms with Crippen LogP contribution < -0.4 is 0 Å². The molecule has 0 fully saturated rings. The van der Waals surface area contributed by atoms with Crippen LogP contribution in [0.2, 0.25) is 0 Å². The van der Waals surface area contributed by atoms with Crippen LogP contribution >= 0.6 is 7.92 Å². The zero-order valence-corrected chi connectivity index (χ0v) is 13.7. The third-order valence-electron chi connectivity index (χ3n) is 5.25. The molecule has 1 heterocycles. The molecule has 0 saturated heterocycles. The highest BCUT2D eigenvalue weighted by molar-refractivity contribution is 7.59. The Kier molecular flexibility index (Phi) is 2.64. The van der Waals surface area contributed by atoms with Crippen LogP contribution in [-0.2, 0) is 10.3 Å². The van der Waals surface area contributed by atoms with Gasteiger partial charge in [-0.3, -0.25) is 0 Å². The molecular weight excluding hydrogens is 247 g/mol. The monoisotopic (exact) mass is 270 g/mol. The van der Waals surface area contributed by atoms with Crippen molar-refractivity contribution in [3.63, 3.8) is 0 Å². The van der Waals surface area contributed by atoms with E-state index in [1.54, 1.807) is 11.1 Å². The van der Waals surface area contributed by atoms with Crippen molar-refractivity contribution in [1.82, 2.24) is 0 Å². The summed E-state index contributed by atoms with van der Waals surface area (Å²) >= 11 is 0. The molecule has 0 N–H and O–H groups in total. The lowest BCUT2D eigenvalue weighted by Gasteiger charge is -2.49. The lowest BCUT2D eigenvalue weighted by molar-refractivity contribution is 0.675. The first-order chi connectivity index (χ1) is 8.78. The van der Waals surface area contributed by atoms with Crippen molar-refractivity contribution in [2.24, 2.45) is 0 Å². The van der Waals surface area contributed by atoms with Gasteiger partial charge in [-0.1, -0.05) is 65.9 Å². The summed E-state index contributed by atoms with van der Waals surface area (Å²) in [5, 5.41) is 3.55. The zero-order chi connectivity index (χ0) is 14.0. The Balaban J connectivity index is 2.54. The molecule has 0 amide bonds. The maximum absolute atomic E-state index is 2.47. The molecule has 3 rings (SSSR count). The van der Waals surface area contributed by atoms with Gasteiger partial charge in [-0.25, -0.2) is 0 Å². The highest BCUT2D eigenvalue weighted by atomic mass is 31.1. The van der Waals surface area contributed by atoms with E-state index in [9.17, 15) is 0 Å². The van der Waals surface area contributed by atoms with Crippen molar-refractivity contribution in [1.29, 1.82) is 0 Å². The van der Waals surface area contributed by atoms with Crippen LogP contribution in [0.25, 0.3) is 10.8 Å². The van der Waals surface area contributed by atoms with Crippen LogP contribution in [0.1, 0.15) is 44.4 Å². The summed E-state index contributed by atoms with van der Waals surface area (Å²) < 4.78 is 0. The van der Waals surface area contributed by atoms with Gasteiger partial charge in [0.25, 0.3) is 0 Å². The van der Waals surface area contributed by atoms with E-state index in [0.29, 0.717) is 10.3 Å². The number of benzene rings is 2. The topological polar surface area (TPSA) is 0 Å². The SMILES string of the molecule is Cc1ccc2c3c(cccc13)C(C)(C)P(C)C2(C)C. The van der Waals surface area contributed by atoms with E-state index < -0.39 is 0 Å². The fourth-order valence-electron chi connectivity index (χ4n) is 3.63. The predicted molar refractivity (Wildman–Crippen MR) is 87.6 cm³/mol. The zero-order valence-electron chi connectivity index (χ0n) is 12.8. The maximum atomic E-state index is 2.47. The maximum Gasteiger partial charge on any atom is 0.0110 e. The van der Waals surface area contributed by atoms with Crippen molar-refractivity contribution in [2.75, 3.05) is 6.66 Å². The van der Waals surface area contributed by atoms with Crippen molar-refractivity contribution < 1.29 is 0 Å². The van der Waals surface area contributed by atoms with Crippen molar-refractivity contribution >= 4 is 18.7 Å². The third-order valence-corrected chi connectivity index (χ3v) is 9.09. The van der Waals surface area contributed by atoms with Gasteiger partial charge in [-0.05, 0) is 41.1 Å². The van der Waals surface area contributed by atoms with E-state index in [1.165, 1.54) is 16.3 Å². The van der Waals surface area contributed by atoms with Crippen LogP contribution in [0.3, 0.4) is 0 Å². The Labute approximate surface area is 118 Å². The fraction of sp³-hybridized carbons (Fsp3) is 0.444. The average Bonchev–Trinajstić information content (AvgIpc) is 2.36. The first-order valence-electron chi connectivity index (χ1n) is 7.05. The number of aryl methyl sites for hydroxylation is 1. The Hall–Kier alpha value is -0.870. The minimum Gasteiger partial charge on any atom is -0.0891 e. The molecule has 2 aromatic carbocycles. The van der Waals surface area contributed by atoms with Crippen molar-refractivity contribution in [3.8, 4) is 0 Å². The van der Waals surface area contributed by atoms with E-state index in [4.69, 9.17) is 0 Å². The summed E-state index contributed by atoms with van der Waals surface area (Å²) in [5.41, 5.74) is 4.50. The lowest BCUT2D eigenvalue weighted by Crippen LogP contribution is -2.31. The largest absolute Gasteiger partial charge is 0.0891 e. The molecule has 2 aromatic rings. The summed E-state index contributed by atoms with van der Waals surface area (Å²) in [6.45, 7) is 14.4. The molecule has 1 aliphatic rings. The normalized spacial score (nSPS) is 23.6. The molecule has 0 bridgehead atoms. The fourth-order valence-corrected chi connectivity index (χ4v) is 6.13. The van der Waals surface area contributed by atoms with E-state index in [1.807, 2.05) is 0 Å². The van der Waals surface area contributed by atoms with E-state index in [-0.39, 0.29) is 7.92 Å². The average molecular weight is 270 g/mol. The molecule has 0 saturated carbocycles. The Bertz CT molecular complexity index is 642. The van der Waals surface area contributed by atoms with E-state index >= 15 is 0 Å². The predicted octanol–water partition coefficient (Wildman–Crippen LogP) is 5.74. The van der Waals surface area contributed by atoms with Gasteiger partial charge in [0.05, 0.1) is 0 Å². The van der Waals surface area contributed by atoms with Gasteiger partial charge in [0.2, 0.25) is 0 Å². The van der Waals surface area contributed by atoms with Gasteiger partial charge in [0.1, 0.15) is 0 Å². The standard InChI is InChI=1S/C18H23P/c1-12-10-11-15-16-13(12)8-7-9-14(16)17(2,3)19(6)18(15,4)5/h7-11H,1-6H3. The molecule has 19 heavy (non-hydrogen) atoms. The van der Waals surface area contributed by atoms with Crippen molar-refractivity contribution in [2.45, 2.75) is 44.9 Å². The Morgan fingerprint density at radius 2 is 1.42 bits per heavy atom. The molecule has 0 aliphatic carbocycles. The second-order valence-electron chi connectivity index (χ2n) is 6.84. The van der Waals surface area contributed by atoms with Crippen LogP contribution in [0, 0.1) is 6.92 Å². The van der Waals surface area contributed by atoms with Gasteiger partial charge < -0.3 is 0 Å². The van der Waals surface area contributed by atoms with Gasteiger partial charge in [0.15, 0.2) is 0 Å². The molecular formula is C18H23P. The number of hydrogen-bond donors (Lipinski definition) is 0. The Morgan fingerprint density at radius 1 is 0.842 bits per heavy atom. The first-order valence-corrected chi connectivity index (χ1v) is 8.84. The Morgan fingerprint density at radius 3 is 2.05 bits per heavy atom. The first kappa shape index (κ1) is 13.1. The van der Waals surface area contributed by atoms with E-state index in [0.717, 1.165) is 0 Å². The van der Waals surface area contributed by atoms with Gasteiger partial charge >= 0.3 is 0 Å². The molecule has 1 heteroatoms. The second kappa shape index (κ2) is 3.83. The summed E-state index contributed by atoms with van der Waals surface area (Å²) in [7, 11) is -0.100. The summed E-state index contributed by atoms with van der Waals surface area (Å²) in [4.78, 5) is 0. The van der Waals surface area contributed by atoms with Crippen LogP contribution in [-0.4, -0.2) is 6.66 Å². The molecule has 0 radical (unpaired) electrons. The number of rotatable bonds is 0. The van der Waals surface area contributed by atoms with Crippen LogP contribution in [0.15, 0.2) is 30.3 Å². The van der Waals surface area contributed by atoms with Gasteiger partial charge in [-0.2, -0.15) is 0 Å².